The second kappa shape index (κ2) is 5.12. The molecule has 0 aliphatic heterocycles. The molecule has 0 unspecified atom stereocenters. The SMILES string of the molecule is COC(=O)c1nc(-c2ccc(C(C)(C)C)cc2)[nH]c1C. The van der Waals surface area contributed by atoms with E-state index >= 15 is 0 Å². The van der Waals surface area contributed by atoms with Gasteiger partial charge in [0, 0.05) is 11.3 Å². The van der Waals surface area contributed by atoms with Crippen LogP contribution in [0.25, 0.3) is 11.4 Å². The minimum Gasteiger partial charge on any atom is -0.464 e. The Morgan fingerprint density at radius 3 is 2.30 bits per heavy atom. The highest BCUT2D eigenvalue weighted by Gasteiger charge is 2.17. The van der Waals surface area contributed by atoms with Gasteiger partial charge in [0.15, 0.2) is 5.69 Å². The second-order valence-corrected chi connectivity index (χ2v) is 5.88. The van der Waals surface area contributed by atoms with E-state index in [0.29, 0.717) is 17.2 Å². The van der Waals surface area contributed by atoms with Gasteiger partial charge in [-0.3, -0.25) is 0 Å². The molecule has 0 spiro atoms. The van der Waals surface area contributed by atoms with Gasteiger partial charge in [0.1, 0.15) is 5.82 Å². The van der Waals surface area contributed by atoms with E-state index in [2.05, 4.69) is 42.9 Å². The highest BCUT2D eigenvalue weighted by Crippen LogP contribution is 2.25. The summed E-state index contributed by atoms with van der Waals surface area (Å²) in [5.41, 5.74) is 3.39. The van der Waals surface area contributed by atoms with Crippen LogP contribution in [-0.2, 0) is 10.2 Å². The monoisotopic (exact) mass is 272 g/mol. The zero-order chi connectivity index (χ0) is 14.9. The lowest BCUT2D eigenvalue weighted by molar-refractivity contribution is 0.0594. The molecule has 0 radical (unpaired) electrons. The first-order chi connectivity index (χ1) is 9.32. The highest BCUT2D eigenvalue weighted by molar-refractivity contribution is 5.89. The van der Waals surface area contributed by atoms with Crippen LogP contribution >= 0.6 is 0 Å². The number of ether oxygens (including phenoxy) is 1. The van der Waals surface area contributed by atoms with E-state index in [4.69, 9.17) is 4.74 Å². The second-order valence-electron chi connectivity index (χ2n) is 5.88. The van der Waals surface area contributed by atoms with Crippen LogP contribution in [0.5, 0.6) is 0 Å². The number of aromatic amines is 1. The summed E-state index contributed by atoms with van der Waals surface area (Å²) in [7, 11) is 1.36. The fourth-order valence-corrected chi connectivity index (χ4v) is 2.02. The number of esters is 1. The number of H-pyrrole nitrogens is 1. The quantitative estimate of drug-likeness (QED) is 0.852. The number of hydrogen-bond acceptors (Lipinski definition) is 3. The molecule has 0 aliphatic carbocycles. The summed E-state index contributed by atoms with van der Waals surface area (Å²) in [5.74, 6) is 0.264. The Bertz CT molecular complexity index is 619. The van der Waals surface area contributed by atoms with Gasteiger partial charge in [-0.15, -0.1) is 0 Å². The number of nitrogens with zero attached hydrogens (tertiary/aromatic N) is 1. The predicted octanol–water partition coefficient (Wildman–Crippen LogP) is 3.47. The topological polar surface area (TPSA) is 55.0 Å². The number of rotatable bonds is 2. The van der Waals surface area contributed by atoms with E-state index in [-0.39, 0.29) is 5.41 Å². The van der Waals surface area contributed by atoms with Gasteiger partial charge in [0.25, 0.3) is 0 Å². The van der Waals surface area contributed by atoms with E-state index in [0.717, 1.165) is 5.56 Å². The molecule has 1 aromatic heterocycles. The van der Waals surface area contributed by atoms with E-state index in [1.54, 1.807) is 0 Å². The first kappa shape index (κ1) is 14.3. The Balaban J connectivity index is 2.35. The van der Waals surface area contributed by atoms with Crippen LogP contribution < -0.4 is 0 Å². The zero-order valence-corrected chi connectivity index (χ0v) is 12.6. The zero-order valence-electron chi connectivity index (χ0n) is 12.6. The number of nitrogens with one attached hydrogen (secondary N) is 1. The lowest BCUT2D eigenvalue weighted by atomic mass is 9.87. The van der Waals surface area contributed by atoms with Crippen LogP contribution in [0.2, 0.25) is 0 Å². The maximum Gasteiger partial charge on any atom is 0.358 e. The summed E-state index contributed by atoms with van der Waals surface area (Å²) in [6, 6.07) is 8.20. The number of methoxy groups -OCH3 is 1. The van der Waals surface area contributed by atoms with Crippen LogP contribution in [0.15, 0.2) is 24.3 Å². The number of carbonyl (C=O) groups is 1. The third-order valence-electron chi connectivity index (χ3n) is 3.29. The maximum atomic E-state index is 11.6. The normalized spacial score (nSPS) is 11.4. The molecule has 2 aromatic rings. The average molecular weight is 272 g/mol. The standard InChI is InChI=1S/C16H20N2O2/c1-10-13(15(19)20-5)18-14(17-10)11-6-8-12(9-7-11)16(2,3)4/h6-9H,1-5H3,(H,17,18). The Hall–Kier alpha value is -2.10. The van der Waals surface area contributed by atoms with E-state index in [1.807, 2.05) is 19.1 Å². The molecule has 1 N–H and O–H groups in total. The van der Waals surface area contributed by atoms with Crippen molar-refractivity contribution in [3.8, 4) is 11.4 Å². The third-order valence-corrected chi connectivity index (χ3v) is 3.29. The fraction of sp³-hybridized carbons (Fsp3) is 0.375. The third kappa shape index (κ3) is 2.74. The van der Waals surface area contributed by atoms with Gasteiger partial charge in [-0.1, -0.05) is 45.0 Å². The van der Waals surface area contributed by atoms with Crippen molar-refractivity contribution < 1.29 is 9.53 Å². The largest absolute Gasteiger partial charge is 0.464 e. The van der Waals surface area contributed by atoms with Crippen molar-refractivity contribution in [2.45, 2.75) is 33.1 Å². The fourth-order valence-electron chi connectivity index (χ4n) is 2.02. The molecule has 0 aliphatic rings. The van der Waals surface area contributed by atoms with E-state index in [1.165, 1.54) is 12.7 Å². The molecular formula is C16H20N2O2. The molecule has 4 heteroatoms. The Labute approximate surface area is 119 Å². The van der Waals surface area contributed by atoms with E-state index < -0.39 is 5.97 Å². The van der Waals surface area contributed by atoms with Crippen LogP contribution in [-0.4, -0.2) is 23.0 Å². The summed E-state index contributed by atoms with van der Waals surface area (Å²) in [6.45, 7) is 8.34. The summed E-state index contributed by atoms with van der Waals surface area (Å²) in [5, 5.41) is 0. The van der Waals surface area contributed by atoms with Crippen molar-refractivity contribution in [2.75, 3.05) is 7.11 Å². The molecule has 0 bridgehead atoms. The summed E-state index contributed by atoms with van der Waals surface area (Å²) in [4.78, 5) is 19.0. The molecule has 106 valence electrons. The maximum absolute atomic E-state index is 11.6. The summed E-state index contributed by atoms with van der Waals surface area (Å²) < 4.78 is 4.71. The van der Waals surface area contributed by atoms with Gasteiger partial charge in [-0.2, -0.15) is 0 Å². The average Bonchev–Trinajstić information content (AvgIpc) is 2.79. The van der Waals surface area contributed by atoms with E-state index in [9.17, 15) is 4.79 Å². The van der Waals surface area contributed by atoms with Gasteiger partial charge < -0.3 is 9.72 Å². The van der Waals surface area contributed by atoms with Gasteiger partial charge in [-0.05, 0) is 17.9 Å². The molecule has 20 heavy (non-hydrogen) atoms. The molecule has 4 nitrogen and oxygen atoms in total. The van der Waals surface area contributed by atoms with Crippen molar-refractivity contribution in [1.29, 1.82) is 0 Å². The van der Waals surface area contributed by atoms with Gasteiger partial charge in [0.2, 0.25) is 0 Å². The molecule has 0 saturated carbocycles. The van der Waals surface area contributed by atoms with Crippen LogP contribution in [0, 0.1) is 6.92 Å². The van der Waals surface area contributed by atoms with Crippen LogP contribution in [0.3, 0.4) is 0 Å². The Morgan fingerprint density at radius 1 is 1.20 bits per heavy atom. The summed E-state index contributed by atoms with van der Waals surface area (Å²) in [6.07, 6.45) is 0. The van der Waals surface area contributed by atoms with Gasteiger partial charge in [0.05, 0.1) is 7.11 Å². The Morgan fingerprint density at radius 2 is 1.80 bits per heavy atom. The Kier molecular flexibility index (Phi) is 3.66. The molecule has 0 atom stereocenters. The van der Waals surface area contributed by atoms with Crippen molar-refractivity contribution in [1.82, 2.24) is 9.97 Å². The minimum absolute atomic E-state index is 0.120. The predicted molar refractivity (Wildman–Crippen MR) is 78.8 cm³/mol. The highest BCUT2D eigenvalue weighted by atomic mass is 16.5. The number of benzene rings is 1. The minimum atomic E-state index is -0.420. The molecule has 1 aromatic carbocycles. The van der Waals surface area contributed by atoms with Gasteiger partial charge in [-0.25, -0.2) is 9.78 Å². The van der Waals surface area contributed by atoms with Crippen LogP contribution in [0.1, 0.15) is 42.5 Å². The summed E-state index contributed by atoms with van der Waals surface area (Å²) >= 11 is 0. The molecule has 0 saturated heterocycles. The van der Waals surface area contributed by atoms with Crippen molar-refractivity contribution in [3.63, 3.8) is 0 Å². The smallest absolute Gasteiger partial charge is 0.358 e. The molecule has 0 amide bonds. The lowest BCUT2D eigenvalue weighted by Crippen LogP contribution is -2.10. The number of imidazole rings is 1. The number of aryl methyl sites for hydroxylation is 1. The van der Waals surface area contributed by atoms with Crippen molar-refractivity contribution >= 4 is 5.97 Å². The molecular weight excluding hydrogens is 252 g/mol. The van der Waals surface area contributed by atoms with Crippen molar-refractivity contribution in [2.24, 2.45) is 0 Å². The first-order valence-corrected chi connectivity index (χ1v) is 6.59. The molecule has 0 fully saturated rings. The van der Waals surface area contributed by atoms with Crippen LogP contribution in [0.4, 0.5) is 0 Å². The lowest BCUT2D eigenvalue weighted by Gasteiger charge is -2.18. The first-order valence-electron chi connectivity index (χ1n) is 6.59. The van der Waals surface area contributed by atoms with Gasteiger partial charge >= 0.3 is 5.97 Å². The molecule has 1 heterocycles. The number of aromatic nitrogens is 2. The molecule has 2 rings (SSSR count). The number of hydrogen-bond donors (Lipinski definition) is 1. The van der Waals surface area contributed by atoms with Crippen molar-refractivity contribution in [3.05, 3.63) is 41.2 Å². The number of carbonyl (C=O) groups excluding carboxylic acids is 1.